The van der Waals surface area contributed by atoms with Gasteiger partial charge >= 0.3 is 0 Å². The number of aromatic nitrogens is 1. The Morgan fingerprint density at radius 1 is 1.03 bits per heavy atom. The first-order chi connectivity index (χ1) is 14.4. The van der Waals surface area contributed by atoms with Crippen LogP contribution >= 0.6 is 0 Å². The second kappa shape index (κ2) is 8.37. The van der Waals surface area contributed by atoms with Gasteiger partial charge in [0.15, 0.2) is 11.5 Å². The van der Waals surface area contributed by atoms with Crippen molar-refractivity contribution >= 4 is 15.7 Å². The van der Waals surface area contributed by atoms with Crippen molar-refractivity contribution in [1.82, 2.24) is 9.88 Å². The maximum Gasteiger partial charge on any atom is 0.233 e. The fourth-order valence-corrected chi connectivity index (χ4v) is 4.29. The van der Waals surface area contributed by atoms with E-state index in [-0.39, 0.29) is 21.7 Å². The molecule has 30 heavy (non-hydrogen) atoms. The molecule has 158 valence electrons. The number of anilines is 1. The zero-order valence-corrected chi connectivity index (χ0v) is 17.6. The number of rotatable bonds is 7. The molecule has 0 unspecified atom stereocenters. The lowest BCUT2D eigenvalue weighted by Gasteiger charge is -2.18. The quantitative estimate of drug-likeness (QED) is 0.613. The van der Waals surface area contributed by atoms with Gasteiger partial charge in [0.25, 0.3) is 0 Å². The molecule has 0 radical (unpaired) electrons. The molecule has 1 aliphatic heterocycles. The van der Waals surface area contributed by atoms with Crippen LogP contribution in [0.4, 0.5) is 5.88 Å². The number of nitrogens with zero attached hydrogens (tertiary/aromatic N) is 2. The second-order valence-electron chi connectivity index (χ2n) is 7.06. The van der Waals surface area contributed by atoms with Crippen LogP contribution in [0.5, 0.6) is 11.5 Å². The van der Waals surface area contributed by atoms with E-state index in [0.29, 0.717) is 43.4 Å². The lowest BCUT2D eigenvalue weighted by Crippen LogP contribution is -2.21. The van der Waals surface area contributed by atoms with Crippen molar-refractivity contribution in [3.63, 3.8) is 0 Å². The maximum absolute atomic E-state index is 13.4. The Labute approximate surface area is 175 Å². The van der Waals surface area contributed by atoms with E-state index in [1.165, 1.54) is 12.1 Å². The number of benzene rings is 2. The monoisotopic (exact) mass is 429 g/mol. The number of hydrogen-bond donors (Lipinski definition) is 1. The molecular weight excluding hydrogens is 406 g/mol. The highest BCUT2D eigenvalue weighted by Gasteiger charge is 2.30. The van der Waals surface area contributed by atoms with E-state index >= 15 is 0 Å². The Hall–Kier alpha value is -3.04. The van der Waals surface area contributed by atoms with Crippen LogP contribution in [0.25, 0.3) is 11.5 Å². The molecule has 0 bridgehead atoms. The van der Waals surface area contributed by atoms with Crippen molar-refractivity contribution < 1.29 is 22.3 Å². The standard InChI is InChI=1S/C21H23N3O5S/c1-24(2)11-10-22-20-21(23-19(29-20)15-6-4-3-5-7-15)30(25,26)16-8-9-17-18(14-16)28-13-12-27-17/h3-9,14,22H,10-13H2,1-2H3. The van der Waals surface area contributed by atoms with Crippen molar-refractivity contribution in [2.24, 2.45) is 0 Å². The molecule has 1 aromatic heterocycles. The number of ether oxygens (including phenoxy) is 2. The van der Waals surface area contributed by atoms with Crippen molar-refractivity contribution in [2.75, 3.05) is 45.7 Å². The Bertz CT molecular complexity index is 1130. The molecule has 0 saturated heterocycles. The van der Waals surface area contributed by atoms with Crippen molar-refractivity contribution in [1.29, 1.82) is 0 Å². The van der Waals surface area contributed by atoms with E-state index < -0.39 is 9.84 Å². The number of nitrogens with one attached hydrogen (secondary N) is 1. The minimum atomic E-state index is -3.96. The minimum Gasteiger partial charge on any atom is -0.486 e. The summed E-state index contributed by atoms with van der Waals surface area (Å²) >= 11 is 0. The molecule has 4 rings (SSSR count). The van der Waals surface area contributed by atoms with Crippen LogP contribution in [0.2, 0.25) is 0 Å². The first-order valence-corrected chi connectivity index (χ1v) is 11.0. The topological polar surface area (TPSA) is 93.9 Å². The predicted molar refractivity (Wildman–Crippen MR) is 112 cm³/mol. The fraction of sp³-hybridized carbons (Fsp3) is 0.286. The van der Waals surface area contributed by atoms with Gasteiger partial charge in [-0.05, 0) is 38.4 Å². The van der Waals surface area contributed by atoms with Gasteiger partial charge < -0.3 is 24.1 Å². The first kappa shape index (κ1) is 20.2. The van der Waals surface area contributed by atoms with Crippen LogP contribution in [0, 0.1) is 0 Å². The van der Waals surface area contributed by atoms with Crippen molar-refractivity contribution in [3.05, 3.63) is 48.5 Å². The lowest BCUT2D eigenvalue weighted by atomic mass is 10.2. The number of sulfone groups is 1. The summed E-state index contributed by atoms with van der Waals surface area (Å²) in [6.07, 6.45) is 0. The zero-order chi connectivity index (χ0) is 21.1. The highest BCUT2D eigenvalue weighted by Crippen LogP contribution is 2.37. The number of fused-ring (bicyclic) bond motifs is 1. The Morgan fingerprint density at radius 3 is 2.50 bits per heavy atom. The third kappa shape index (κ3) is 4.12. The molecule has 8 nitrogen and oxygen atoms in total. The molecule has 9 heteroatoms. The normalized spacial score (nSPS) is 13.4. The van der Waals surface area contributed by atoms with Gasteiger partial charge in [0.2, 0.25) is 26.6 Å². The molecule has 3 aromatic rings. The molecule has 0 aliphatic carbocycles. The van der Waals surface area contributed by atoms with Crippen LogP contribution in [-0.2, 0) is 9.84 Å². The Kier molecular flexibility index (Phi) is 5.65. The molecule has 1 aliphatic rings. The van der Waals surface area contributed by atoms with E-state index in [2.05, 4.69) is 10.3 Å². The highest BCUT2D eigenvalue weighted by molar-refractivity contribution is 7.91. The average molecular weight is 429 g/mol. The summed E-state index contributed by atoms with van der Waals surface area (Å²) in [5.41, 5.74) is 0.691. The summed E-state index contributed by atoms with van der Waals surface area (Å²) in [4.78, 5) is 6.38. The Balaban J connectivity index is 1.74. The molecule has 0 atom stereocenters. The average Bonchev–Trinajstić information content (AvgIpc) is 3.19. The minimum absolute atomic E-state index is 0.0651. The summed E-state index contributed by atoms with van der Waals surface area (Å²) in [5.74, 6) is 1.27. The van der Waals surface area contributed by atoms with Gasteiger partial charge in [-0.2, -0.15) is 4.98 Å². The molecule has 0 amide bonds. The zero-order valence-electron chi connectivity index (χ0n) is 16.8. The van der Waals surface area contributed by atoms with Crippen LogP contribution in [0.1, 0.15) is 0 Å². The lowest BCUT2D eigenvalue weighted by molar-refractivity contribution is 0.171. The number of hydrogen-bond acceptors (Lipinski definition) is 8. The molecule has 1 N–H and O–H groups in total. The molecule has 2 aromatic carbocycles. The first-order valence-electron chi connectivity index (χ1n) is 9.55. The summed E-state index contributed by atoms with van der Waals surface area (Å²) in [5, 5.41) is 2.91. The summed E-state index contributed by atoms with van der Waals surface area (Å²) in [6, 6.07) is 13.7. The molecule has 0 fully saturated rings. The second-order valence-corrected chi connectivity index (χ2v) is 8.92. The van der Waals surface area contributed by atoms with Gasteiger partial charge in [0, 0.05) is 24.7 Å². The van der Waals surface area contributed by atoms with Gasteiger partial charge in [-0.3, -0.25) is 0 Å². The van der Waals surface area contributed by atoms with E-state index in [1.807, 2.05) is 49.3 Å². The summed E-state index contributed by atoms with van der Waals surface area (Å²) < 4.78 is 43.7. The molecule has 0 spiro atoms. The molecular formula is C21H23N3O5S. The van der Waals surface area contributed by atoms with Crippen LogP contribution in [0.15, 0.2) is 62.9 Å². The van der Waals surface area contributed by atoms with Crippen LogP contribution < -0.4 is 14.8 Å². The van der Waals surface area contributed by atoms with Gasteiger partial charge in [-0.1, -0.05) is 18.2 Å². The molecule has 2 heterocycles. The van der Waals surface area contributed by atoms with Crippen molar-refractivity contribution in [2.45, 2.75) is 9.92 Å². The SMILES string of the molecule is CN(C)CCNc1oc(-c2ccccc2)nc1S(=O)(=O)c1ccc2c(c1)OCCO2. The highest BCUT2D eigenvalue weighted by atomic mass is 32.2. The largest absolute Gasteiger partial charge is 0.486 e. The van der Waals surface area contributed by atoms with E-state index in [0.717, 1.165) is 0 Å². The predicted octanol–water partition coefficient (Wildman–Crippen LogP) is 2.92. The van der Waals surface area contributed by atoms with Gasteiger partial charge in [-0.15, -0.1) is 0 Å². The smallest absolute Gasteiger partial charge is 0.233 e. The van der Waals surface area contributed by atoms with E-state index in [4.69, 9.17) is 13.9 Å². The summed E-state index contributed by atoms with van der Waals surface area (Å²) in [6.45, 7) is 2.00. The van der Waals surface area contributed by atoms with Gasteiger partial charge in [0.05, 0.1) is 4.90 Å². The third-order valence-electron chi connectivity index (χ3n) is 4.54. The van der Waals surface area contributed by atoms with E-state index in [1.54, 1.807) is 6.07 Å². The fourth-order valence-electron chi connectivity index (χ4n) is 3.00. The van der Waals surface area contributed by atoms with Crippen LogP contribution in [-0.4, -0.2) is 58.7 Å². The number of oxazole rings is 1. The summed E-state index contributed by atoms with van der Waals surface area (Å²) in [7, 11) is -0.0878. The third-order valence-corrected chi connectivity index (χ3v) is 6.20. The number of likely N-dealkylation sites (N-methyl/N-ethyl adjacent to an activating group) is 1. The Morgan fingerprint density at radius 2 is 1.77 bits per heavy atom. The van der Waals surface area contributed by atoms with Gasteiger partial charge in [-0.25, -0.2) is 8.42 Å². The molecule has 0 saturated carbocycles. The van der Waals surface area contributed by atoms with E-state index in [9.17, 15) is 8.42 Å². The van der Waals surface area contributed by atoms with Gasteiger partial charge in [0.1, 0.15) is 13.2 Å². The van der Waals surface area contributed by atoms with Crippen LogP contribution in [0.3, 0.4) is 0 Å². The maximum atomic E-state index is 13.4. The van der Waals surface area contributed by atoms with Crippen molar-refractivity contribution in [3.8, 4) is 23.0 Å².